The lowest BCUT2D eigenvalue weighted by molar-refractivity contribution is -0.384. The smallest absolute Gasteiger partial charge is 0.258 e. The second-order valence-corrected chi connectivity index (χ2v) is 7.10. The van der Waals surface area contributed by atoms with Gasteiger partial charge in [0.25, 0.3) is 5.69 Å². The standard InChI is InChI=1S/C13H14N6O2S2/c1-2-3-6-18-12(15-16-17-18)8-22-13-14-10-5-4-9(19(20)21)7-11(10)23-13/h4-5,7H,2-3,6,8H2,1H3. The van der Waals surface area contributed by atoms with Gasteiger partial charge in [0.2, 0.25) is 0 Å². The summed E-state index contributed by atoms with van der Waals surface area (Å²) in [6.07, 6.45) is 2.12. The normalized spacial score (nSPS) is 11.2. The van der Waals surface area contributed by atoms with E-state index in [2.05, 4.69) is 27.4 Å². The number of hydrogen-bond donors (Lipinski definition) is 0. The van der Waals surface area contributed by atoms with E-state index in [1.165, 1.54) is 29.2 Å². The van der Waals surface area contributed by atoms with E-state index in [1.54, 1.807) is 12.1 Å². The number of nitro benzene ring substituents is 1. The number of unbranched alkanes of at least 4 members (excludes halogenated alkanes) is 1. The van der Waals surface area contributed by atoms with Crippen molar-refractivity contribution in [2.75, 3.05) is 0 Å². The molecule has 0 radical (unpaired) electrons. The highest BCUT2D eigenvalue weighted by atomic mass is 32.2. The van der Waals surface area contributed by atoms with E-state index in [0.717, 1.165) is 39.8 Å². The summed E-state index contributed by atoms with van der Waals surface area (Å²) in [5.41, 5.74) is 0.856. The van der Waals surface area contributed by atoms with Gasteiger partial charge in [0.1, 0.15) is 0 Å². The molecule has 0 saturated carbocycles. The molecule has 0 aliphatic carbocycles. The Kier molecular flexibility index (Phi) is 4.82. The van der Waals surface area contributed by atoms with Gasteiger partial charge in [-0.25, -0.2) is 9.67 Å². The largest absolute Gasteiger partial charge is 0.270 e. The Balaban J connectivity index is 1.72. The number of nitro groups is 1. The maximum Gasteiger partial charge on any atom is 0.270 e. The lowest BCUT2D eigenvalue weighted by atomic mass is 10.3. The van der Waals surface area contributed by atoms with Crippen LogP contribution in [0.3, 0.4) is 0 Å². The molecule has 0 bridgehead atoms. The number of fused-ring (bicyclic) bond motifs is 1. The lowest BCUT2D eigenvalue weighted by Gasteiger charge is -2.01. The predicted octanol–water partition coefficient (Wildman–Crippen LogP) is 3.28. The average Bonchev–Trinajstić information content (AvgIpc) is 3.15. The van der Waals surface area contributed by atoms with Crippen molar-refractivity contribution in [3.63, 3.8) is 0 Å². The molecule has 0 unspecified atom stereocenters. The molecule has 0 aliphatic heterocycles. The molecule has 0 fully saturated rings. The van der Waals surface area contributed by atoms with Crippen molar-refractivity contribution < 1.29 is 4.92 Å². The van der Waals surface area contributed by atoms with Crippen LogP contribution in [0.15, 0.2) is 22.5 Å². The van der Waals surface area contributed by atoms with Gasteiger partial charge in [0.05, 0.1) is 20.9 Å². The topological polar surface area (TPSA) is 99.6 Å². The molecular weight excluding hydrogens is 336 g/mol. The molecule has 1 aromatic carbocycles. The summed E-state index contributed by atoms with van der Waals surface area (Å²) in [4.78, 5) is 14.9. The van der Waals surface area contributed by atoms with Gasteiger partial charge in [-0.05, 0) is 22.9 Å². The van der Waals surface area contributed by atoms with Crippen molar-refractivity contribution >= 4 is 39.0 Å². The minimum absolute atomic E-state index is 0.0845. The zero-order chi connectivity index (χ0) is 16.2. The highest BCUT2D eigenvalue weighted by Crippen LogP contribution is 2.32. The van der Waals surface area contributed by atoms with Crippen LogP contribution in [0.4, 0.5) is 5.69 Å². The SMILES string of the molecule is CCCCn1nnnc1CSc1nc2ccc([N+](=O)[O-])cc2s1. The molecule has 0 atom stereocenters. The number of thiazole rings is 1. The second-order valence-electron chi connectivity index (χ2n) is 4.85. The van der Waals surface area contributed by atoms with Gasteiger partial charge in [0, 0.05) is 18.7 Å². The third-order valence-electron chi connectivity index (χ3n) is 3.22. The van der Waals surface area contributed by atoms with Crippen LogP contribution in [0.5, 0.6) is 0 Å². The van der Waals surface area contributed by atoms with Crippen LogP contribution in [0.25, 0.3) is 10.2 Å². The van der Waals surface area contributed by atoms with Crippen LogP contribution in [0.1, 0.15) is 25.6 Å². The van der Waals surface area contributed by atoms with Crippen LogP contribution in [0.2, 0.25) is 0 Å². The van der Waals surface area contributed by atoms with Crippen LogP contribution in [-0.4, -0.2) is 30.1 Å². The molecule has 2 aromatic heterocycles. The van der Waals surface area contributed by atoms with E-state index in [9.17, 15) is 10.1 Å². The first-order valence-electron chi connectivity index (χ1n) is 7.10. The Bertz CT molecular complexity index is 831. The monoisotopic (exact) mass is 350 g/mol. The van der Waals surface area contributed by atoms with Crippen LogP contribution in [-0.2, 0) is 12.3 Å². The third-order valence-corrected chi connectivity index (χ3v) is 5.37. The number of aromatic nitrogens is 5. The second kappa shape index (κ2) is 7.01. The van der Waals surface area contributed by atoms with Gasteiger partial charge >= 0.3 is 0 Å². The highest BCUT2D eigenvalue weighted by molar-refractivity contribution is 8.00. The van der Waals surface area contributed by atoms with Gasteiger partial charge in [0.15, 0.2) is 10.2 Å². The van der Waals surface area contributed by atoms with Gasteiger partial charge in [-0.1, -0.05) is 25.1 Å². The maximum absolute atomic E-state index is 10.8. The fraction of sp³-hybridized carbons (Fsp3) is 0.385. The quantitative estimate of drug-likeness (QED) is 0.366. The van der Waals surface area contributed by atoms with Crippen LogP contribution in [0, 0.1) is 10.1 Å². The number of non-ortho nitro benzene ring substituents is 1. The zero-order valence-corrected chi connectivity index (χ0v) is 14.0. The molecule has 3 aromatic rings. The van der Waals surface area contributed by atoms with Crippen molar-refractivity contribution in [1.29, 1.82) is 0 Å². The van der Waals surface area contributed by atoms with E-state index in [0.29, 0.717) is 5.75 Å². The Labute approximate surface area is 140 Å². The number of rotatable bonds is 7. The lowest BCUT2D eigenvalue weighted by Crippen LogP contribution is -2.04. The average molecular weight is 350 g/mol. The molecular formula is C13H14N6O2S2. The molecule has 2 heterocycles. The summed E-state index contributed by atoms with van der Waals surface area (Å²) in [6, 6.07) is 4.71. The number of tetrazole rings is 1. The molecule has 23 heavy (non-hydrogen) atoms. The molecule has 120 valence electrons. The van der Waals surface area contributed by atoms with Crippen LogP contribution < -0.4 is 0 Å². The molecule has 0 spiro atoms. The van der Waals surface area contributed by atoms with Crippen molar-refractivity contribution in [2.45, 2.75) is 36.4 Å². The number of nitrogens with zero attached hydrogens (tertiary/aromatic N) is 6. The number of benzene rings is 1. The first kappa shape index (κ1) is 15.8. The van der Waals surface area contributed by atoms with Crippen LogP contribution >= 0.6 is 23.1 Å². The van der Waals surface area contributed by atoms with E-state index in [1.807, 2.05) is 4.68 Å². The Morgan fingerprint density at radius 1 is 1.43 bits per heavy atom. The number of hydrogen-bond acceptors (Lipinski definition) is 8. The molecule has 0 amide bonds. The molecule has 0 aliphatic rings. The Hall–Kier alpha value is -2.07. The highest BCUT2D eigenvalue weighted by Gasteiger charge is 2.12. The first-order valence-corrected chi connectivity index (χ1v) is 8.90. The van der Waals surface area contributed by atoms with Gasteiger partial charge in [-0.2, -0.15) is 0 Å². The van der Waals surface area contributed by atoms with Crippen molar-refractivity contribution in [3.05, 3.63) is 34.1 Å². The van der Waals surface area contributed by atoms with E-state index in [-0.39, 0.29) is 5.69 Å². The van der Waals surface area contributed by atoms with Crippen molar-refractivity contribution in [1.82, 2.24) is 25.2 Å². The van der Waals surface area contributed by atoms with E-state index < -0.39 is 4.92 Å². The van der Waals surface area contributed by atoms with Crippen molar-refractivity contribution in [3.8, 4) is 0 Å². The summed E-state index contributed by atoms with van der Waals surface area (Å²) >= 11 is 2.98. The van der Waals surface area contributed by atoms with E-state index >= 15 is 0 Å². The first-order chi connectivity index (χ1) is 11.2. The predicted molar refractivity (Wildman–Crippen MR) is 88.6 cm³/mol. The summed E-state index contributed by atoms with van der Waals surface area (Å²) in [7, 11) is 0. The molecule has 8 nitrogen and oxygen atoms in total. The maximum atomic E-state index is 10.8. The molecule has 10 heteroatoms. The summed E-state index contributed by atoms with van der Waals surface area (Å²) in [5.74, 6) is 1.44. The fourth-order valence-corrected chi connectivity index (χ4v) is 4.04. The van der Waals surface area contributed by atoms with Gasteiger partial charge < -0.3 is 0 Å². The molecule has 0 N–H and O–H groups in total. The van der Waals surface area contributed by atoms with Crippen molar-refractivity contribution in [2.24, 2.45) is 0 Å². The van der Waals surface area contributed by atoms with Gasteiger partial charge in [-0.3, -0.25) is 10.1 Å². The van der Waals surface area contributed by atoms with E-state index in [4.69, 9.17) is 0 Å². The summed E-state index contributed by atoms with van der Waals surface area (Å²) in [6.45, 7) is 2.94. The zero-order valence-electron chi connectivity index (χ0n) is 12.4. The summed E-state index contributed by atoms with van der Waals surface area (Å²) in [5, 5.41) is 22.6. The number of aryl methyl sites for hydroxylation is 1. The number of thioether (sulfide) groups is 1. The van der Waals surface area contributed by atoms with Gasteiger partial charge in [-0.15, -0.1) is 16.4 Å². The third kappa shape index (κ3) is 3.64. The fourth-order valence-electron chi connectivity index (χ4n) is 2.00. The Morgan fingerprint density at radius 3 is 3.09 bits per heavy atom. The Morgan fingerprint density at radius 2 is 2.30 bits per heavy atom. The minimum atomic E-state index is -0.395. The summed E-state index contributed by atoms with van der Waals surface area (Å²) < 4.78 is 3.48. The molecule has 0 saturated heterocycles. The minimum Gasteiger partial charge on any atom is -0.258 e. The molecule has 3 rings (SSSR count).